The van der Waals surface area contributed by atoms with Gasteiger partial charge in [-0.25, -0.2) is 4.79 Å². The molecular weight excluding hydrogens is 374 g/mol. The van der Waals surface area contributed by atoms with Gasteiger partial charge in [0.15, 0.2) is 6.54 Å². The zero-order valence-corrected chi connectivity index (χ0v) is 17.1. The van der Waals surface area contributed by atoms with Crippen LogP contribution in [-0.4, -0.2) is 56.2 Å². The fourth-order valence-electron chi connectivity index (χ4n) is 3.87. The van der Waals surface area contributed by atoms with E-state index in [-0.39, 0.29) is 30.0 Å². The summed E-state index contributed by atoms with van der Waals surface area (Å²) in [7, 11) is 1.30. The van der Waals surface area contributed by atoms with Crippen molar-refractivity contribution in [2.45, 2.75) is 26.7 Å². The van der Waals surface area contributed by atoms with Crippen LogP contribution in [0.5, 0.6) is 0 Å². The lowest BCUT2D eigenvalue weighted by Crippen LogP contribution is -3.14. The summed E-state index contributed by atoms with van der Waals surface area (Å²) in [5.41, 5.74) is 2.42. The molecule has 2 atom stereocenters. The molecule has 156 valence electrons. The minimum absolute atomic E-state index is 0.173. The molecule has 8 nitrogen and oxygen atoms in total. The van der Waals surface area contributed by atoms with Crippen LogP contribution in [0.2, 0.25) is 0 Å². The summed E-state index contributed by atoms with van der Waals surface area (Å²) in [4.78, 5) is 41.0. The summed E-state index contributed by atoms with van der Waals surface area (Å²) in [5.74, 6) is -1.11. The molecule has 0 bridgehead atoms. The Morgan fingerprint density at radius 2 is 2.10 bits per heavy atom. The monoisotopic (exact) mass is 402 g/mol. The number of amides is 1. The van der Waals surface area contributed by atoms with Crippen LogP contribution in [0.3, 0.4) is 0 Å². The predicted octanol–water partition coefficient (Wildman–Crippen LogP) is 1.06. The van der Waals surface area contributed by atoms with E-state index in [1.54, 1.807) is 6.92 Å². The summed E-state index contributed by atoms with van der Waals surface area (Å²) in [6.45, 7) is 5.71. The number of aryl methyl sites for hydroxylation is 1. The van der Waals surface area contributed by atoms with Crippen LogP contribution in [0.25, 0.3) is 10.9 Å². The number of fused-ring (bicyclic) bond motifs is 1. The van der Waals surface area contributed by atoms with E-state index >= 15 is 0 Å². The number of carbonyl (C=O) groups excluding carboxylic acids is 3. The number of aromatic amines is 1. The third kappa shape index (κ3) is 4.76. The first-order valence-corrected chi connectivity index (χ1v) is 9.93. The van der Waals surface area contributed by atoms with Crippen molar-refractivity contribution < 1.29 is 28.8 Å². The SMILES string of the molecule is CCOC(=O)[C@H]1CCC[NH+](CC(=O)Nc2c(C(=O)OC)[nH]c3ccc(C)cc23)C1. The second-order valence-electron chi connectivity index (χ2n) is 7.44. The molecular formula is C21H28N3O5+. The summed E-state index contributed by atoms with van der Waals surface area (Å²) < 4.78 is 9.98. The normalized spacial score (nSPS) is 19.0. The second-order valence-corrected chi connectivity index (χ2v) is 7.44. The van der Waals surface area contributed by atoms with Gasteiger partial charge in [0.2, 0.25) is 0 Å². The summed E-state index contributed by atoms with van der Waals surface area (Å²) in [6, 6.07) is 5.71. The lowest BCUT2D eigenvalue weighted by atomic mass is 9.98. The smallest absolute Gasteiger partial charge is 0.356 e. The Hall–Kier alpha value is -2.87. The molecule has 0 aliphatic carbocycles. The molecule has 1 aliphatic rings. The number of anilines is 1. The number of piperidine rings is 1. The van der Waals surface area contributed by atoms with Gasteiger partial charge < -0.3 is 24.7 Å². The van der Waals surface area contributed by atoms with Gasteiger partial charge in [0.05, 0.1) is 32.5 Å². The Morgan fingerprint density at radius 1 is 1.31 bits per heavy atom. The highest BCUT2D eigenvalue weighted by Gasteiger charge is 2.31. The summed E-state index contributed by atoms with van der Waals surface area (Å²) in [6.07, 6.45) is 1.66. The number of ether oxygens (including phenoxy) is 2. The zero-order chi connectivity index (χ0) is 21.0. The van der Waals surface area contributed by atoms with E-state index in [9.17, 15) is 14.4 Å². The van der Waals surface area contributed by atoms with Gasteiger partial charge in [-0.15, -0.1) is 0 Å². The molecule has 1 fully saturated rings. The van der Waals surface area contributed by atoms with Gasteiger partial charge >= 0.3 is 11.9 Å². The van der Waals surface area contributed by atoms with Gasteiger partial charge in [-0.3, -0.25) is 9.59 Å². The fourth-order valence-corrected chi connectivity index (χ4v) is 3.87. The predicted molar refractivity (Wildman–Crippen MR) is 108 cm³/mol. The molecule has 1 saturated heterocycles. The molecule has 0 spiro atoms. The molecule has 1 aromatic heterocycles. The standard InChI is InChI=1S/C21H27N3O5/c1-4-29-20(26)14-6-5-9-24(11-14)12-17(25)23-18-15-10-13(2)7-8-16(15)22-19(18)21(27)28-3/h7-8,10,14,22H,4-6,9,11-12H2,1-3H3,(H,23,25)/p+1/t14-/m0/s1. The average molecular weight is 402 g/mol. The molecule has 1 unspecified atom stereocenters. The topological polar surface area (TPSA) is 102 Å². The van der Waals surface area contributed by atoms with E-state index in [1.807, 2.05) is 25.1 Å². The minimum Gasteiger partial charge on any atom is -0.466 e. The molecule has 0 radical (unpaired) electrons. The van der Waals surface area contributed by atoms with Gasteiger partial charge in [-0.1, -0.05) is 11.6 Å². The molecule has 1 amide bonds. The highest BCUT2D eigenvalue weighted by molar-refractivity contribution is 6.11. The number of likely N-dealkylation sites (tertiary alicyclic amines) is 1. The van der Waals surface area contributed by atoms with Crippen LogP contribution >= 0.6 is 0 Å². The van der Waals surface area contributed by atoms with E-state index in [0.717, 1.165) is 40.8 Å². The van der Waals surface area contributed by atoms with Gasteiger partial charge in [0, 0.05) is 10.9 Å². The highest BCUT2D eigenvalue weighted by Crippen LogP contribution is 2.29. The molecule has 8 heteroatoms. The maximum absolute atomic E-state index is 12.8. The number of esters is 2. The number of H-pyrrole nitrogens is 1. The van der Waals surface area contributed by atoms with Gasteiger partial charge in [0.1, 0.15) is 11.6 Å². The van der Waals surface area contributed by atoms with Crippen molar-refractivity contribution >= 4 is 34.4 Å². The maximum atomic E-state index is 12.8. The van der Waals surface area contributed by atoms with Crippen LogP contribution in [0.15, 0.2) is 18.2 Å². The molecule has 1 aromatic carbocycles. The number of benzene rings is 1. The fraction of sp³-hybridized carbons (Fsp3) is 0.476. The first-order valence-electron chi connectivity index (χ1n) is 9.93. The summed E-state index contributed by atoms with van der Waals surface area (Å²) in [5, 5.41) is 3.65. The van der Waals surface area contributed by atoms with Crippen molar-refractivity contribution in [3.63, 3.8) is 0 Å². The number of nitrogens with one attached hydrogen (secondary N) is 3. The Bertz CT molecular complexity index is 920. The third-order valence-corrected chi connectivity index (χ3v) is 5.26. The summed E-state index contributed by atoms with van der Waals surface area (Å²) >= 11 is 0. The van der Waals surface area contributed by atoms with E-state index in [2.05, 4.69) is 10.3 Å². The number of carbonyl (C=O) groups is 3. The molecule has 3 N–H and O–H groups in total. The quantitative estimate of drug-likeness (QED) is 0.627. The van der Waals surface area contributed by atoms with Gasteiger partial charge in [-0.05, 0) is 38.8 Å². The van der Waals surface area contributed by atoms with Gasteiger partial charge in [-0.2, -0.15) is 0 Å². The molecule has 29 heavy (non-hydrogen) atoms. The van der Waals surface area contributed by atoms with Crippen molar-refractivity contribution in [2.75, 3.05) is 38.7 Å². The Labute approximate surface area is 169 Å². The van der Waals surface area contributed by atoms with Crippen molar-refractivity contribution in [2.24, 2.45) is 5.92 Å². The Morgan fingerprint density at radius 3 is 2.83 bits per heavy atom. The largest absolute Gasteiger partial charge is 0.466 e. The number of hydrogen-bond donors (Lipinski definition) is 3. The first-order chi connectivity index (χ1) is 13.9. The van der Waals surface area contributed by atoms with E-state index in [4.69, 9.17) is 9.47 Å². The molecule has 1 aliphatic heterocycles. The zero-order valence-electron chi connectivity index (χ0n) is 17.1. The number of methoxy groups -OCH3 is 1. The van der Waals surface area contributed by atoms with Crippen LogP contribution < -0.4 is 10.2 Å². The number of rotatable bonds is 6. The highest BCUT2D eigenvalue weighted by atomic mass is 16.5. The molecule has 2 heterocycles. The lowest BCUT2D eigenvalue weighted by Gasteiger charge is -2.28. The van der Waals surface area contributed by atoms with E-state index in [0.29, 0.717) is 18.8 Å². The average Bonchev–Trinajstić information content (AvgIpc) is 3.05. The van der Waals surface area contributed by atoms with Crippen molar-refractivity contribution in [1.29, 1.82) is 0 Å². The van der Waals surface area contributed by atoms with Crippen molar-refractivity contribution in [3.05, 3.63) is 29.5 Å². The lowest BCUT2D eigenvalue weighted by molar-refractivity contribution is -0.899. The van der Waals surface area contributed by atoms with Crippen LogP contribution in [0, 0.1) is 12.8 Å². The van der Waals surface area contributed by atoms with Crippen LogP contribution in [0.1, 0.15) is 35.8 Å². The number of aromatic nitrogens is 1. The van der Waals surface area contributed by atoms with Crippen molar-refractivity contribution in [1.82, 2.24) is 4.98 Å². The van der Waals surface area contributed by atoms with Crippen molar-refractivity contribution in [3.8, 4) is 0 Å². The first kappa shape index (κ1) is 20.9. The minimum atomic E-state index is -0.540. The number of quaternary nitrogens is 1. The third-order valence-electron chi connectivity index (χ3n) is 5.26. The van der Waals surface area contributed by atoms with Crippen LogP contribution in [0.4, 0.5) is 5.69 Å². The maximum Gasteiger partial charge on any atom is 0.356 e. The molecule has 3 rings (SSSR count). The number of hydrogen-bond acceptors (Lipinski definition) is 5. The molecule has 0 saturated carbocycles. The van der Waals surface area contributed by atoms with Crippen LogP contribution in [-0.2, 0) is 19.1 Å². The Kier molecular flexibility index (Phi) is 6.53. The van der Waals surface area contributed by atoms with E-state index in [1.165, 1.54) is 7.11 Å². The second kappa shape index (κ2) is 9.09. The van der Waals surface area contributed by atoms with Gasteiger partial charge in [0.25, 0.3) is 5.91 Å². The Balaban J connectivity index is 1.75. The molecule has 2 aromatic rings. The van der Waals surface area contributed by atoms with E-state index < -0.39 is 5.97 Å².